The molecule has 0 spiro atoms. The van der Waals surface area contributed by atoms with E-state index in [1.165, 1.54) is 98.8 Å². The molecular weight excluding hydrogens is 1870 g/mol. The normalized spacial score (nSPS) is 12.5. The molecule has 0 aliphatic carbocycles. The van der Waals surface area contributed by atoms with Crippen molar-refractivity contribution >= 4 is 99.9 Å². The van der Waals surface area contributed by atoms with Crippen LogP contribution in [0.1, 0.15) is 156 Å². The summed E-state index contributed by atoms with van der Waals surface area (Å²) in [5, 5.41) is 60.6. The first-order valence-electron chi connectivity index (χ1n) is 37.1. The van der Waals surface area contributed by atoms with Gasteiger partial charge in [-0.1, -0.05) is 23.8 Å². The van der Waals surface area contributed by atoms with Gasteiger partial charge in [0.1, 0.15) is 111 Å². The number of phenolic OH excluding ortho intramolecular Hbond substituents is 1. The molecule has 6 rings (SSSR count). The summed E-state index contributed by atoms with van der Waals surface area (Å²) in [5.41, 5.74) is -0.306. The number of aliphatic carboxylic acids is 1. The number of benzene rings is 6. The van der Waals surface area contributed by atoms with Crippen molar-refractivity contribution in [2.24, 2.45) is 0 Å². The molecule has 0 fully saturated rings. The van der Waals surface area contributed by atoms with Gasteiger partial charge in [0.15, 0.2) is 12.2 Å². The van der Waals surface area contributed by atoms with E-state index in [2.05, 4.69) is 102 Å². The molecule has 26 nitrogen and oxygen atoms in total. The number of carboxylic acid groups (broad SMARTS) is 1. The van der Waals surface area contributed by atoms with Gasteiger partial charge < -0.3 is 99.4 Å². The third-order valence-corrected chi connectivity index (χ3v) is 15.9. The maximum atomic E-state index is 13.4. The number of phenols is 1. The fourth-order valence-corrected chi connectivity index (χ4v) is 8.95. The zero-order valence-corrected chi connectivity index (χ0v) is 78.4. The van der Waals surface area contributed by atoms with E-state index in [4.69, 9.17) is 79.7 Å². The molecule has 0 heterocycles. The molecule has 3 amide bonds. The van der Waals surface area contributed by atoms with E-state index in [1.807, 2.05) is 27.7 Å². The molecular formula is C85H112Br4F6LiN3O23. The third-order valence-electron chi connectivity index (χ3n) is 13.3. The number of esters is 2. The van der Waals surface area contributed by atoms with Gasteiger partial charge in [-0.25, -0.2) is 55.1 Å². The number of aliphatic hydroxyl groups excluding tert-OH is 4. The number of amides is 3. The number of alkyl carbamates (subject to hydrolysis) is 3. The van der Waals surface area contributed by atoms with Crippen LogP contribution in [0.3, 0.4) is 0 Å². The Morgan fingerprint density at radius 1 is 0.459 bits per heavy atom. The number of terminal acetylenes is 1. The van der Waals surface area contributed by atoms with Crippen LogP contribution in [-0.4, -0.2) is 177 Å². The van der Waals surface area contributed by atoms with Gasteiger partial charge in [0, 0.05) is 42.4 Å². The Bertz CT molecular complexity index is 4240. The fraction of sp³-hybridized carbons (Fsp3) is 0.459. The van der Waals surface area contributed by atoms with E-state index in [1.54, 1.807) is 109 Å². The molecule has 6 aromatic carbocycles. The molecule has 0 aromatic heterocycles. The number of halogens is 10. The summed E-state index contributed by atoms with van der Waals surface area (Å²) in [6, 6.07) is 23.3. The average molecular weight is 1980 g/mol. The standard InChI is InChI=1S/C18H28FNO4.C18H24FNO4.C11H12BrFO3.C9H8BrFO3.C9H10BrFO2.C9H15NO2.C6H4BrFO.C5H10O3.Li.H2O/c2*1-12(20-17(22)24-18(3,4)5)6-7-14-8-9-15(19)10-16(14)23-13(2)11-21;1-3-15-11(14)7(2)16-10-6-8(13)4-5-9(10)12;1-5(9(12)13)14-8-4-6(11)2-3-7(8)10;1-6(5-12)13-9-4-7(11)2-3-8(9)10;1-6-7(2)10-8(11)12-9(3,4)5;7-5-2-1-4(8)3-6(5)9;1-3-8-5(7)4(2)6;;/h8-10,12-13,21H,6-7,11H2,1-5H3,(H,20,22);8-10,12-13,21H,11H2,1-5H3,(H,20,22);4-7H,3H2,1-2H3;2-5H,1H3,(H,12,13);2-4,6,12H,5H2,1H3;1,7H,2-5H3,(H,10,11);1-3,9H;4,6H,3H2,1-2H3;;1H2/q;;;;;;;;+1;/p-1/t2*12-,13-;7-;5-;6-;7-;;4-;;/m111111.0../s1. The topological polar surface area (TPSA) is 382 Å². The van der Waals surface area contributed by atoms with Crippen LogP contribution in [0.4, 0.5) is 40.7 Å². The molecule has 0 saturated carbocycles. The molecule has 0 unspecified atom stereocenters. The molecule has 122 heavy (non-hydrogen) atoms. The van der Waals surface area contributed by atoms with Crippen LogP contribution in [0.15, 0.2) is 127 Å². The van der Waals surface area contributed by atoms with Crippen molar-refractivity contribution in [3.63, 3.8) is 0 Å². The minimum atomic E-state index is -1.10. The van der Waals surface area contributed by atoms with Crippen molar-refractivity contribution in [3.05, 3.63) is 173 Å². The zero-order valence-electron chi connectivity index (χ0n) is 72.1. The number of carboxylic acids is 1. The third kappa shape index (κ3) is 58.4. The molecule has 676 valence electrons. The van der Waals surface area contributed by atoms with Crippen molar-refractivity contribution in [1.29, 1.82) is 0 Å². The summed E-state index contributed by atoms with van der Waals surface area (Å²) in [6.07, 6.45) is 0.821. The van der Waals surface area contributed by atoms with E-state index in [0.717, 1.165) is 17.7 Å². The van der Waals surface area contributed by atoms with Crippen LogP contribution >= 0.6 is 63.7 Å². The number of hydrogen-bond acceptors (Lipinski definition) is 22. The van der Waals surface area contributed by atoms with E-state index in [9.17, 15) is 55.1 Å². The van der Waals surface area contributed by atoms with Crippen molar-refractivity contribution in [2.45, 2.75) is 223 Å². The van der Waals surface area contributed by atoms with Crippen molar-refractivity contribution < 1.29 is 157 Å². The van der Waals surface area contributed by atoms with Gasteiger partial charge in [0.25, 0.3) is 0 Å². The minimum Gasteiger partial charge on any atom is -0.870 e. The Balaban J connectivity index is -0.000000667. The molecule has 0 aliphatic rings. The van der Waals surface area contributed by atoms with Crippen molar-refractivity contribution in [2.75, 3.05) is 33.0 Å². The maximum Gasteiger partial charge on any atom is 1.00 e. The number of aromatic hydroxyl groups is 1. The maximum absolute atomic E-state index is 13.4. The molecule has 6 aromatic rings. The number of nitrogens with one attached hydrogen (secondary N) is 3. The molecule has 10 N–H and O–H groups in total. The van der Waals surface area contributed by atoms with E-state index in [0.29, 0.717) is 54.4 Å². The zero-order chi connectivity index (χ0) is 92.5. The minimum absolute atomic E-state index is 0. The molecule has 0 radical (unpaired) electrons. The Kier molecular flexibility index (Phi) is 61.3. The van der Waals surface area contributed by atoms with Crippen LogP contribution in [0.2, 0.25) is 0 Å². The van der Waals surface area contributed by atoms with Gasteiger partial charge in [-0.2, -0.15) is 0 Å². The summed E-state index contributed by atoms with van der Waals surface area (Å²) in [5.74, 6) is 4.84. The first kappa shape index (κ1) is 120. The van der Waals surface area contributed by atoms with E-state index < -0.39 is 113 Å². The second kappa shape index (κ2) is 62.5. The number of carbonyl (C=O) groups excluding carboxylic acids is 5. The van der Waals surface area contributed by atoms with Gasteiger partial charge in [-0.05, 0) is 287 Å². The summed E-state index contributed by atoms with van der Waals surface area (Å²) in [4.78, 5) is 66.4. The largest absolute Gasteiger partial charge is 1.00 e. The Morgan fingerprint density at radius 2 is 0.787 bits per heavy atom. The van der Waals surface area contributed by atoms with Crippen LogP contribution < -0.4 is 58.5 Å². The second-order valence-corrected chi connectivity index (χ2v) is 31.8. The number of aryl methyl sites for hydroxylation is 1. The quantitative estimate of drug-likeness (QED) is 0.00893. The van der Waals surface area contributed by atoms with Crippen molar-refractivity contribution in [1.82, 2.24) is 16.0 Å². The molecule has 37 heteroatoms. The summed E-state index contributed by atoms with van der Waals surface area (Å²) >= 11 is 12.6. The average Bonchev–Trinajstić information content (AvgIpc) is 0.863. The van der Waals surface area contributed by atoms with E-state index >= 15 is 0 Å². The summed E-state index contributed by atoms with van der Waals surface area (Å²) in [7, 11) is 0. The van der Waals surface area contributed by atoms with Gasteiger partial charge >= 0.3 is 55.0 Å². The van der Waals surface area contributed by atoms with Gasteiger partial charge in [-0.15, -0.1) is 6.42 Å². The Morgan fingerprint density at radius 3 is 1.15 bits per heavy atom. The summed E-state index contributed by atoms with van der Waals surface area (Å²) < 4.78 is 131. The fourth-order valence-electron chi connectivity index (χ4n) is 7.68. The number of carbonyl (C=O) groups is 6. The predicted octanol–water partition coefficient (Wildman–Crippen LogP) is 14.6. The smallest absolute Gasteiger partial charge is 0.870 e. The Labute approximate surface area is 755 Å². The monoisotopic (exact) mass is 1980 g/mol. The number of rotatable bonds is 24. The van der Waals surface area contributed by atoms with Crippen LogP contribution in [-0.2, 0) is 44.5 Å². The number of ether oxygens (including phenoxy) is 10. The first-order valence-corrected chi connectivity index (χ1v) is 40.2. The van der Waals surface area contributed by atoms with E-state index in [-0.39, 0.29) is 104 Å². The predicted molar refractivity (Wildman–Crippen MR) is 458 cm³/mol. The first-order chi connectivity index (χ1) is 55.6. The van der Waals surface area contributed by atoms with Gasteiger partial charge in [-0.3, -0.25) is 0 Å². The molecule has 0 aliphatic heterocycles. The molecule has 9 atom stereocenters. The van der Waals surface area contributed by atoms with Gasteiger partial charge in [0.05, 0.1) is 68.6 Å². The van der Waals surface area contributed by atoms with Crippen LogP contribution in [0, 0.1) is 59.1 Å². The number of hydrogen-bond donors (Lipinski definition) is 9. The van der Waals surface area contributed by atoms with Crippen LogP contribution in [0.5, 0.6) is 34.5 Å². The van der Waals surface area contributed by atoms with Gasteiger partial charge in [0.2, 0.25) is 0 Å². The van der Waals surface area contributed by atoms with Crippen LogP contribution in [0.25, 0.3) is 0 Å². The molecule has 0 saturated heterocycles. The number of aliphatic hydroxyl groups is 4. The molecule has 0 bridgehead atoms. The summed E-state index contributed by atoms with van der Waals surface area (Å²) in [6.45, 7) is 34.4. The Hall–Kier alpha value is -8.64. The second-order valence-electron chi connectivity index (χ2n) is 28.3. The SMILES string of the molecule is C#C[C@@H](C)NC(=O)OC(C)(C)C.CCOC(=O)[C@@H](C)Oc1cc(F)ccc1Br.CCOC(=O)[C@H](C)O.C[C@@H](Oc1cc(F)ccc1Br)C(=O)O.C[C@H](C#Cc1ccc(F)cc1O[C@H](C)CO)NC(=O)OC(C)(C)C.C[C@H](CCc1ccc(F)cc1O[C@H](C)CO)NC(=O)OC(C)(C)C.C[C@H](CO)Oc1cc(F)ccc1Br.Oc1cc(F)ccc1Br.[Li+].[OH-]. The van der Waals surface area contributed by atoms with Crippen molar-refractivity contribution in [3.8, 4) is 58.7 Å².